The highest BCUT2D eigenvalue weighted by Crippen LogP contribution is 2.38. The molecule has 1 aliphatic heterocycles. The maximum atomic E-state index is 14.0. The first-order valence-corrected chi connectivity index (χ1v) is 16.3. The summed E-state index contributed by atoms with van der Waals surface area (Å²) in [7, 11) is -0.110. The number of benzene rings is 3. The summed E-state index contributed by atoms with van der Waals surface area (Å²) < 4.78 is 35.1. The number of ether oxygens (including phenoxy) is 1. The zero-order valence-corrected chi connectivity index (χ0v) is 26.3. The Labute approximate surface area is 253 Å². The Morgan fingerprint density at radius 2 is 1.86 bits per heavy atom. The lowest BCUT2D eigenvalue weighted by Gasteiger charge is -2.25. The smallest absolute Gasteiger partial charge is 0.304 e. The van der Waals surface area contributed by atoms with Crippen LogP contribution in [0.3, 0.4) is 0 Å². The van der Waals surface area contributed by atoms with Crippen LogP contribution in [0, 0.1) is 12.8 Å². The summed E-state index contributed by atoms with van der Waals surface area (Å²) in [5, 5.41) is 17.8. The summed E-state index contributed by atoms with van der Waals surface area (Å²) in [5.74, 6) is -1.48. The largest absolute Gasteiger partial charge is 0.481 e. The van der Waals surface area contributed by atoms with Crippen molar-refractivity contribution in [3.05, 3.63) is 82.4 Å². The molecular formula is C33H40N4O5S. The molecule has 5 rings (SSSR count). The molecule has 3 atom stereocenters. The van der Waals surface area contributed by atoms with Crippen molar-refractivity contribution in [1.29, 1.82) is 0 Å². The number of sulfone groups is 1. The van der Waals surface area contributed by atoms with Gasteiger partial charge in [-0.25, -0.2) is 13.1 Å². The molecule has 10 heteroatoms. The van der Waals surface area contributed by atoms with Crippen LogP contribution in [0.2, 0.25) is 0 Å². The van der Waals surface area contributed by atoms with E-state index in [0.717, 1.165) is 45.6 Å². The predicted octanol–water partition coefficient (Wildman–Crippen LogP) is 5.28. The van der Waals surface area contributed by atoms with Crippen LogP contribution in [0.5, 0.6) is 0 Å². The van der Waals surface area contributed by atoms with Gasteiger partial charge in [-0.3, -0.25) is 4.79 Å². The summed E-state index contributed by atoms with van der Waals surface area (Å²) in [4.78, 5) is 14.7. The van der Waals surface area contributed by atoms with Gasteiger partial charge in [0.05, 0.1) is 34.4 Å². The van der Waals surface area contributed by atoms with E-state index < -0.39 is 27.0 Å². The highest BCUT2D eigenvalue weighted by atomic mass is 32.2. The van der Waals surface area contributed by atoms with Gasteiger partial charge in [0.15, 0.2) is 9.84 Å². The van der Waals surface area contributed by atoms with Crippen LogP contribution >= 0.6 is 0 Å². The quantitative estimate of drug-likeness (QED) is 0.260. The van der Waals surface area contributed by atoms with Gasteiger partial charge in [0.25, 0.3) is 0 Å². The number of nitrogens with zero attached hydrogens (tertiary/aromatic N) is 4. The third-order valence-corrected chi connectivity index (χ3v) is 11.3. The van der Waals surface area contributed by atoms with E-state index in [0.29, 0.717) is 36.4 Å². The third-order valence-electron chi connectivity index (χ3n) is 8.81. The van der Waals surface area contributed by atoms with Gasteiger partial charge >= 0.3 is 5.97 Å². The molecule has 0 radical (unpaired) electrons. The second kappa shape index (κ2) is 12.5. The van der Waals surface area contributed by atoms with Crippen LogP contribution in [0.4, 0.5) is 5.69 Å². The molecule has 1 N–H and O–H groups in total. The van der Waals surface area contributed by atoms with Gasteiger partial charge in [0, 0.05) is 38.7 Å². The Hall–Kier alpha value is -3.76. The SMILES string of the molecule is CCN1CCC(C(C)Cc2cc(C(CC(=O)O)c3cc(COC)c4c(c3)nnn4C)ccc2C)S(=O)(=O)c2ccccc21. The van der Waals surface area contributed by atoms with Gasteiger partial charge in [-0.15, -0.1) is 5.10 Å². The van der Waals surface area contributed by atoms with Gasteiger partial charge in [-0.05, 0) is 73.1 Å². The molecule has 43 heavy (non-hydrogen) atoms. The van der Waals surface area contributed by atoms with E-state index in [1.807, 2.05) is 57.3 Å². The number of para-hydroxylation sites is 1. The van der Waals surface area contributed by atoms with Crippen molar-refractivity contribution >= 4 is 32.5 Å². The third kappa shape index (κ3) is 6.03. The lowest BCUT2D eigenvalue weighted by Crippen LogP contribution is -2.31. The number of aliphatic carboxylic acids is 1. The first kappa shape index (κ1) is 30.7. The topological polar surface area (TPSA) is 115 Å². The van der Waals surface area contributed by atoms with Crippen molar-refractivity contribution in [2.24, 2.45) is 13.0 Å². The fourth-order valence-corrected chi connectivity index (χ4v) is 8.79. The summed E-state index contributed by atoms with van der Waals surface area (Å²) >= 11 is 0. The van der Waals surface area contributed by atoms with Crippen LogP contribution < -0.4 is 4.90 Å². The molecule has 0 aliphatic carbocycles. The van der Waals surface area contributed by atoms with E-state index >= 15 is 0 Å². The highest BCUT2D eigenvalue weighted by molar-refractivity contribution is 7.92. The molecule has 2 heterocycles. The summed E-state index contributed by atoms with van der Waals surface area (Å²) in [5.41, 5.74) is 6.98. The summed E-state index contributed by atoms with van der Waals surface area (Å²) in [6.07, 6.45) is 1.01. The molecule has 1 aromatic heterocycles. The Kier molecular flexibility index (Phi) is 8.89. The minimum Gasteiger partial charge on any atom is -0.481 e. The van der Waals surface area contributed by atoms with Crippen LogP contribution in [0.1, 0.15) is 60.4 Å². The van der Waals surface area contributed by atoms with Gasteiger partial charge in [0.2, 0.25) is 0 Å². The van der Waals surface area contributed by atoms with Crippen molar-refractivity contribution < 1.29 is 23.1 Å². The molecule has 0 spiro atoms. The zero-order chi connectivity index (χ0) is 30.9. The first-order valence-electron chi connectivity index (χ1n) is 14.7. The second-order valence-electron chi connectivity index (χ2n) is 11.6. The van der Waals surface area contributed by atoms with Crippen molar-refractivity contribution in [3.8, 4) is 0 Å². The number of hydrogen-bond acceptors (Lipinski definition) is 7. The van der Waals surface area contributed by atoms with Gasteiger partial charge in [0.1, 0.15) is 5.52 Å². The van der Waals surface area contributed by atoms with Crippen LogP contribution in [-0.2, 0) is 39.4 Å². The number of carboxylic acids is 1. The maximum absolute atomic E-state index is 14.0. The Morgan fingerprint density at radius 3 is 2.58 bits per heavy atom. The van der Waals surface area contributed by atoms with Crippen molar-refractivity contribution in [3.63, 3.8) is 0 Å². The minimum atomic E-state index is -3.55. The van der Waals surface area contributed by atoms with E-state index in [1.54, 1.807) is 23.9 Å². The number of carboxylic acid groups (broad SMARTS) is 1. The number of hydrogen-bond donors (Lipinski definition) is 1. The number of carbonyl (C=O) groups is 1. The molecular weight excluding hydrogens is 564 g/mol. The average molecular weight is 605 g/mol. The predicted molar refractivity (Wildman–Crippen MR) is 167 cm³/mol. The van der Waals surface area contributed by atoms with Crippen molar-refractivity contribution in [2.45, 2.75) is 62.7 Å². The Morgan fingerprint density at radius 1 is 1.12 bits per heavy atom. The van der Waals surface area contributed by atoms with E-state index in [9.17, 15) is 18.3 Å². The average Bonchev–Trinajstić information content (AvgIpc) is 3.30. The van der Waals surface area contributed by atoms with Crippen LogP contribution in [0.25, 0.3) is 11.0 Å². The molecule has 1 aliphatic rings. The summed E-state index contributed by atoms with van der Waals surface area (Å²) in [6, 6.07) is 17.3. The Balaban J connectivity index is 1.50. The number of aryl methyl sites for hydroxylation is 2. The zero-order valence-electron chi connectivity index (χ0n) is 25.4. The van der Waals surface area contributed by atoms with Crippen LogP contribution in [0.15, 0.2) is 59.5 Å². The van der Waals surface area contributed by atoms with Gasteiger partial charge < -0.3 is 14.7 Å². The van der Waals surface area contributed by atoms with E-state index in [1.165, 1.54) is 0 Å². The number of methoxy groups -OCH3 is 1. The minimum absolute atomic E-state index is 0.100. The van der Waals surface area contributed by atoms with Crippen molar-refractivity contribution in [2.75, 3.05) is 25.1 Å². The molecule has 0 saturated heterocycles. The molecule has 0 amide bonds. The lowest BCUT2D eigenvalue weighted by molar-refractivity contribution is -0.137. The molecule has 0 saturated carbocycles. The van der Waals surface area contributed by atoms with E-state index in [-0.39, 0.29) is 12.3 Å². The maximum Gasteiger partial charge on any atom is 0.304 e. The normalized spacial score (nSPS) is 17.8. The fraction of sp³-hybridized carbons (Fsp3) is 0.424. The molecule has 228 valence electrons. The van der Waals surface area contributed by atoms with Crippen molar-refractivity contribution in [1.82, 2.24) is 15.0 Å². The van der Waals surface area contributed by atoms with E-state index in [4.69, 9.17) is 4.74 Å². The molecule has 3 aromatic carbocycles. The molecule has 4 aromatic rings. The fourth-order valence-electron chi connectivity index (χ4n) is 6.59. The van der Waals surface area contributed by atoms with Crippen LogP contribution in [-0.4, -0.2) is 59.9 Å². The Bertz CT molecular complexity index is 1750. The molecule has 9 nitrogen and oxygen atoms in total. The first-order chi connectivity index (χ1) is 20.5. The highest BCUT2D eigenvalue weighted by Gasteiger charge is 2.37. The summed E-state index contributed by atoms with van der Waals surface area (Å²) in [6.45, 7) is 7.86. The standard InChI is InChI=1S/C33H40N4O5S/c1-6-37-14-13-30(43(40,41)31-10-8-7-9-29(31)37)22(3)15-24-16-23(12-11-21(24)2)27(19-32(38)39)25-17-26(20-42-5)33-28(18-25)34-35-36(33)4/h7-12,16-18,22,27,30H,6,13-15,19-20H2,1-5H3,(H,38,39). The number of anilines is 1. The number of rotatable bonds is 10. The lowest BCUT2D eigenvalue weighted by atomic mass is 9.84. The molecule has 3 unspecified atom stereocenters. The number of aromatic nitrogens is 3. The molecule has 0 bridgehead atoms. The molecule has 0 fully saturated rings. The van der Waals surface area contributed by atoms with E-state index in [2.05, 4.69) is 28.2 Å². The van der Waals surface area contributed by atoms with Gasteiger partial charge in [-0.1, -0.05) is 48.5 Å². The second-order valence-corrected chi connectivity index (χ2v) is 13.8. The van der Waals surface area contributed by atoms with Gasteiger partial charge in [-0.2, -0.15) is 0 Å². The number of fused-ring (bicyclic) bond motifs is 2. The monoisotopic (exact) mass is 604 g/mol.